The van der Waals surface area contributed by atoms with E-state index in [0.29, 0.717) is 0 Å². The number of nitrogens with one attached hydrogen (secondary N) is 1. The van der Waals surface area contributed by atoms with E-state index in [0.717, 1.165) is 17.7 Å². The molecule has 2 heteroatoms. The average molecular weight is 227 g/mol. The highest BCUT2D eigenvalue weighted by molar-refractivity contribution is 6.02. The summed E-state index contributed by atoms with van der Waals surface area (Å²) < 4.78 is 0. The zero-order chi connectivity index (χ0) is 12.3. The van der Waals surface area contributed by atoms with E-state index in [2.05, 4.69) is 18.3 Å². The second kappa shape index (κ2) is 5.00. The predicted octanol–water partition coefficient (Wildman–Crippen LogP) is 3.63. The largest absolute Gasteiger partial charge is 0.325 e. The first-order chi connectivity index (χ1) is 8.22. The molecule has 0 bridgehead atoms. The highest BCUT2D eigenvalue weighted by atomic mass is 16.2. The molecule has 88 valence electrons. The molecule has 1 aliphatic heterocycles. The molecule has 1 aromatic carbocycles. The van der Waals surface area contributed by atoms with Crippen molar-refractivity contribution in [1.82, 2.24) is 0 Å². The first-order valence-corrected chi connectivity index (χ1v) is 5.90. The number of para-hydroxylation sites is 1. The van der Waals surface area contributed by atoms with Gasteiger partial charge in [0.25, 0.3) is 0 Å². The van der Waals surface area contributed by atoms with E-state index < -0.39 is 0 Å². The summed E-state index contributed by atoms with van der Waals surface area (Å²) in [7, 11) is 0. The quantitative estimate of drug-likeness (QED) is 0.785. The van der Waals surface area contributed by atoms with E-state index in [1.165, 1.54) is 5.57 Å². The number of fused-ring (bicyclic) bond motifs is 1. The second-order valence-corrected chi connectivity index (χ2v) is 4.37. The minimum atomic E-state index is -0.0345. The highest BCUT2D eigenvalue weighted by Gasteiger charge is 2.29. The molecule has 1 amide bonds. The fourth-order valence-corrected chi connectivity index (χ4v) is 2.13. The van der Waals surface area contributed by atoms with Crippen LogP contribution in [0.15, 0.2) is 48.1 Å². The van der Waals surface area contributed by atoms with Crippen molar-refractivity contribution in [2.45, 2.75) is 26.2 Å². The Morgan fingerprint density at radius 2 is 2.18 bits per heavy atom. The molecular formula is C15H17NO. The average Bonchev–Trinajstić information content (AvgIpc) is 2.64. The van der Waals surface area contributed by atoms with Gasteiger partial charge in [-0.2, -0.15) is 0 Å². The van der Waals surface area contributed by atoms with Crippen LogP contribution >= 0.6 is 0 Å². The summed E-state index contributed by atoms with van der Waals surface area (Å²) in [6.45, 7) is 4.05. The molecule has 0 aliphatic carbocycles. The molecule has 2 rings (SSSR count). The molecule has 1 aliphatic rings. The number of benzene rings is 1. The lowest BCUT2D eigenvalue weighted by atomic mass is 9.93. The van der Waals surface area contributed by atoms with Gasteiger partial charge >= 0.3 is 0 Å². The molecular weight excluding hydrogens is 210 g/mol. The monoisotopic (exact) mass is 227 g/mol. The van der Waals surface area contributed by atoms with Crippen molar-refractivity contribution in [1.29, 1.82) is 0 Å². The molecule has 17 heavy (non-hydrogen) atoms. The number of hydrogen-bond acceptors (Lipinski definition) is 1. The maximum Gasteiger partial charge on any atom is 0.232 e. The fourth-order valence-electron chi connectivity index (χ4n) is 2.13. The van der Waals surface area contributed by atoms with Crippen molar-refractivity contribution < 1.29 is 4.79 Å². The van der Waals surface area contributed by atoms with Gasteiger partial charge in [0.05, 0.1) is 5.92 Å². The number of carbonyl (C=O) groups is 1. The standard InChI is InChI=1S/C15H17NO/c1-3-4-7-11(2)10-13-12-8-5-6-9-14(12)16-15(13)17/h3-9,13H,10H2,1-2H3,(H,16,17)/b4-3-,11-7+. The van der Waals surface area contributed by atoms with Gasteiger partial charge in [0.2, 0.25) is 5.91 Å². The van der Waals surface area contributed by atoms with E-state index in [-0.39, 0.29) is 11.8 Å². The lowest BCUT2D eigenvalue weighted by molar-refractivity contribution is -0.117. The van der Waals surface area contributed by atoms with Gasteiger partial charge in [0.15, 0.2) is 0 Å². The molecule has 0 saturated heterocycles. The zero-order valence-electron chi connectivity index (χ0n) is 10.2. The van der Waals surface area contributed by atoms with Crippen molar-refractivity contribution in [3.8, 4) is 0 Å². The molecule has 0 radical (unpaired) electrons. The Kier molecular flexibility index (Phi) is 3.43. The summed E-state index contributed by atoms with van der Waals surface area (Å²) in [5.74, 6) is 0.0761. The summed E-state index contributed by atoms with van der Waals surface area (Å²) in [5.41, 5.74) is 3.30. The van der Waals surface area contributed by atoms with Crippen LogP contribution < -0.4 is 5.32 Å². The molecule has 0 saturated carbocycles. The van der Waals surface area contributed by atoms with Crippen LogP contribution in [0.2, 0.25) is 0 Å². The number of rotatable bonds is 3. The third kappa shape index (κ3) is 2.47. The summed E-state index contributed by atoms with van der Waals surface area (Å²) in [4.78, 5) is 11.9. The molecule has 1 N–H and O–H groups in total. The minimum Gasteiger partial charge on any atom is -0.325 e. The van der Waals surface area contributed by atoms with Crippen LogP contribution in [0.4, 0.5) is 5.69 Å². The number of allylic oxidation sites excluding steroid dienone is 4. The van der Waals surface area contributed by atoms with Crippen LogP contribution in [0, 0.1) is 0 Å². The summed E-state index contributed by atoms with van der Waals surface area (Å²) in [5, 5.41) is 2.92. The Bertz CT molecular complexity index is 485. The molecule has 1 heterocycles. The van der Waals surface area contributed by atoms with E-state index in [4.69, 9.17) is 0 Å². The molecule has 2 nitrogen and oxygen atoms in total. The zero-order valence-corrected chi connectivity index (χ0v) is 10.2. The summed E-state index contributed by atoms with van der Waals surface area (Å²) >= 11 is 0. The van der Waals surface area contributed by atoms with Crippen molar-refractivity contribution in [3.63, 3.8) is 0 Å². The van der Waals surface area contributed by atoms with E-state index in [1.54, 1.807) is 0 Å². The smallest absolute Gasteiger partial charge is 0.232 e. The van der Waals surface area contributed by atoms with Crippen LogP contribution in [-0.2, 0) is 4.79 Å². The van der Waals surface area contributed by atoms with Crippen molar-refractivity contribution in [2.75, 3.05) is 5.32 Å². The van der Waals surface area contributed by atoms with Gasteiger partial charge in [-0.25, -0.2) is 0 Å². The van der Waals surface area contributed by atoms with E-state index in [1.807, 2.05) is 43.3 Å². The van der Waals surface area contributed by atoms with Gasteiger partial charge in [-0.1, -0.05) is 42.0 Å². The molecule has 0 spiro atoms. The third-order valence-corrected chi connectivity index (χ3v) is 3.01. The van der Waals surface area contributed by atoms with E-state index >= 15 is 0 Å². The fraction of sp³-hybridized carbons (Fsp3) is 0.267. The molecule has 0 aromatic heterocycles. The molecule has 1 atom stereocenters. The Morgan fingerprint density at radius 3 is 2.94 bits per heavy atom. The van der Waals surface area contributed by atoms with Gasteiger partial charge in [0, 0.05) is 5.69 Å². The van der Waals surface area contributed by atoms with Crippen LogP contribution in [0.3, 0.4) is 0 Å². The summed E-state index contributed by atoms with van der Waals surface area (Å²) in [6, 6.07) is 7.92. The van der Waals surface area contributed by atoms with Crippen molar-refractivity contribution >= 4 is 11.6 Å². The second-order valence-electron chi connectivity index (χ2n) is 4.37. The lowest BCUT2D eigenvalue weighted by Crippen LogP contribution is -2.12. The number of hydrogen-bond donors (Lipinski definition) is 1. The normalized spacial score (nSPS) is 19.5. The molecule has 0 fully saturated rings. The van der Waals surface area contributed by atoms with Crippen LogP contribution in [0.1, 0.15) is 31.7 Å². The number of anilines is 1. The minimum absolute atomic E-state index is 0.0345. The molecule has 1 aromatic rings. The molecule has 1 unspecified atom stereocenters. The Labute approximate surface area is 102 Å². The Hall–Kier alpha value is -1.83. The predicted molar refractivity (Wildman–Crippen MR) is 71.0 cm³/mol. The Balaban J connectivity index is 2.20. The Morgan fingerprint density at radius 1 is 1.41 bits per heavy atom. The van der Waals surface area contributed by atoms with Gasteiger partial charge in [-0.3, -0.25) is 4.79 Å². The summed E-state index contributed by atoms with van der Waals surface area (Å²) in [6.07, 6.45) is 6.85. The topological polar surface area (TPSA) is 29.1 Å². The highest BCUT2D eigenvalue weighted by Crippen LogP contribution is 2.35. The van der Waals surface area contributed by atoms with E-state index in [9.17, 15) is 4.79 Å². The van der Waals surface area contributed by atoms with Crippen molar-refractivity contribution in [3.05, 3.63) is 53.6 Å². The SMILES string of the molecule is C/C=C\C=C(/C)CC1C(=O)Nc2ccccc21. The van der Waals surface area contributed by atoms with Crippen molar-refractivity contribution in [2.24, 2.45) is 0 Å². The van der Waals surface area contributed by atoms with Gasteiger partial charge in [-0.15, -0.1) is 0 Å². The van der Waals surface area contributed by atoms with Crippen LogP contribution in [0.5, 0.6) is 0 Å². The number of carbonyl (C=O) groups excluding carboxylic acids is 1. The number of amides is 1. The van der Waals surface area contributed by atoms with Gasteiger partial charge in [0.1, 0.15) is 0 Å². The van der Waals surface area contributed by atoms with Crippen LogP contribution in [0.25, 0.3) is 0 Å². The first-order valence-electron chi connectivity index (χ1n) is 5.90. The van der Waals surface area contributed by atoms with Gasteiger partial charge < -0.3 is 5.32 Å². The maximum atomic E-state index is 11.9. The van der Waals surface area contributed by atoms with Gasteiger partial charge in [-0.05, 0) is 31.9 Å². The maximum absolute atomic E-state index is 11.9. The van der Waals surface area contributed by atoms with Crippen LogP contribution in [-0.4, -0.2) is 5.91 Å². The lowest BCUT2D eigenvalue weighted by Gasteiger charge is -2.08. The first kappa shape index (κ1) is 11.6. The third-order valence-electron chi connectivity index (χ3n) is 3.01.